The number of urea groups is 1. The number of hydrogen-bond donors (Lipinski definition) is 2. The van der Waals surface area contributed by atoms with E-state index in [9.17, 15) is 9.59 Å². The molecule has 0 atom stereocenters. The van der Waals surface area contributed by atoms with Crippen molar-refractivity contribution in [2.75, 3.05) is 25.9 Å². The van der Waals surface area contributed by atoms with Gasteiger partial charge in [0.05, 0.1) is 0 Å². The number of nitrogens with one attached hydrogen (secondary N) is 1. The lowest BCUT2D eigenvalue weighted by Gasteiger charge is -2.25. The van der Waals surface area contributed by atoms with E-state index in [2.05, 4.69) is 11.9 Å². The Morgan fingerprint density at radius 3 is 2.53 bits per heavy atom. The molecule has 98 valence electrons. The van der Waals surface area contributed by atoms with Gasteiger partial charge in [-0.25, -0.2) is 4.79 Å². The molecule has 0 rings (SSSR count). The molecule has 0 saturated heterocycles. The zero-order valence-electron chi connectivity index (χ0n) is 10.5. The highest BCUT2D eigenvalue weighted by Gasteiger charge is 2.20. The molecule has 0 aromatic heterocycles. The van der Waals surface area contributed by atoms with Gasteiger partial charge in [-0.2, -0.15) is 11.8 Å². The van der Waals surface area contributed by atoms with Crippen molar-refractivity contribution < 1.29 is 14.7 Å². The van der Waals surface area contributed by atoms with Gasteiger partial charge in [0, 0.05) is 17.8 Å². The topological polar surface area (TPSA) is 69.6 Å². The quantitative estimate of drug-likeness (QED) is 0.679. The number of carboxylic acids is 1. The second-order valence-corrected chi connectivity index (χ2v) is 5.70. The van der Waals surface area contributed by atoms with Crippen LogP contribution in [0.2, 0.25) is 0 Å². The average Bonchev–Trinajstić information content (AvgIpc) is 2.25. The fraction of sp³-hybridized carbons (Fsp3) is 0.636. The van der Waals surface area contributed by atoms with E-state index in [0.29, 0.717) is 6.54 Å². The van der Waals surface area contributed by atoms with Crippen LogP contribution < -0.4 is 5.32 Å². The average molecular weight is 260 g/mol. The number of amides is 2. The van der Waals surface area contributed by atoms with Crippen LogP contribution in [-0.4, -0.2) is 52.6 Å². The third kappa shape index (κ3) is 6.88. The van der Waals surface area contributed by atoms with E-state index in [0.717, 1.165) is 0 Å². The molecule has 2 amide bonds. The smallest absolute Gasteiger partial charge is 0.323 e. The van der Waals surface area contributed by atoms with Gasteiger partial charge in [-0.3, -0.25) is 4.79 Å². The minimum absolute atomic E-state index is 0.0707. The summed E-state index contributed by atoms with van der Waals surface area (Å²) in [7, 11) is 0. The maximum absolute atomic E-state index is 11.7. The summed E-state index contributed by atoms with van der Waals surface area (Å²) in [5.74, 6) is -1.04. The molecule has 17 heavy (non-hydrogen) atoms. The predicted molar refractivity (Wildman–Crippen MR) is 70.4 cm³/mol. The van der Waals surface area contributed by atoms with E-state index in [1.54, 1.807) is 11.8 Å². The molecule has 0 bridgehead atoms. The maximum atomic E-state index is 11.7. The lowest BCUT2D eigenvalue weighted by atomic mass is 10.2. The van der Waals surface area contributed by atoms with Crippen LogP contribution in [0.25, 0.3) is 0 Å². The summed E-state index contributed by atoms with van der Waals surface area (Å²) in [6.45, 7) is 7.89. The molecular weight excluding hydrogens is 240 g/mol. The fourth-order valence-corrected chi connectivity index (χ4v) is 1.23. The SMILES string of the molecule is C=CCN(CC(=O)O)C(=O)NCC(C)(C)SC. The van der Waals surface area contributed by atoms with E-state index in [-0.39, 0.29) is 23.9 Å². The van der Waals surface area contributed by atoms with Crippen molar-refractivity contribution in [1.29, 1.82) is 0 Å². The van der Waals surface area contributed by atoms with Crippen LogP contribution in [0, 0.1) is 0 Å². The lowest BCUT2D eigenvalue weighted by Crippen LogP contribution is -2.46. The van der Waals surface area contributed by atoms with Gasteiger partial charge in [-0.1, -0.05) is 6.08 Å². The summed E-state index contributed by atoms with van der Waals surface area (Å²) in [5.41, 5.74) is 0. The number of nitrogens with zero attached hydrogens (tertiary/aromatic N) is 1. The van der Waals surface area contributed by atoms with Gasteiger partial charge >= 0.3 is 12.0 Å². The van der Waals surface area contributed by atoms with Crippen molar-refractivity contribution in [3.8, 4) is 0 Å². The Labute approximate surface area is 106 Å². The molecular formula is C11H20N2O3S. The first-order valence-corrected chi connectivity index (χ1v) is 6.45. The van der Waals surface area contributed by atoms with Crippen molar-refractivity contribution in [2.24, 2.45) is 0 Å². The number of aliphatic carboxylic acids is 1. The Morgan fingerprint density at radius 1 is 1.53 bits per heavy atom. The van der Waals surface area contributed by atoms with E-state index in [1.165, 1.54) is 11.0 Å². The van der Waals surface area contributed by atoms with E-state index in [1.807, 2.05) is 20.1 Å². The Kier molecular flexibility index (Phi) is 6.72. The van der Waals surface area contributed by atoms with E-state index >= 15 is 0 Å². The Hall–Kier alpha value is -1.17. The second kappa shape index (κ2) is 7.21. The van der Waals surface area contributed by atoms with Gasteiger partial charge in [0.25, 0.3) is 0 Å². The van der Waals surface area contributed by atoms with Gasteiger partial charge in [0.2, 0.25) is 0 Å². The molecule has 0 heterocycles. The van der Waals surface area contributed by atoms with E-state index in [4.69, 9.17) is 5.11 Å². The van der Waals surface area contributed by atoms with Crippen LogP contribution in [0.4, 0.5) is 4.79 Å². The van der Waals surface area contributed by atoms with E-state index < -0.39 is 5.97 Å². The summed E-state index contributed by atoms with van der Waals surface area (Å²) in [4.78, 5) is 23.5. The Balaban J connectivity index is 4.32. The zero-order chi connectivity index (χ0) is 13.5. The molecule has 0 fully saturated rings. The number of carbonyl (C=O) groups excluding carboxylic acids is 1. The lowest BCUT2D eigenvalue weighted by molar-refractivity contribution is -0.137. The summed E-state index contributed by atoms with van der Waals surface area (Å²) in [6, 6.07) is -0.380. The van der Waals surface area contributed by atoms with Gasteiger partial charge < -0.3 is 15.3 Å². The molecule has 0 aromatic carbocycles. The molecule has 6 heteroatoms. The molecule has 0 aliphatic heterocycles. The fourth-order valence-electron chi connectivity index (χ4n) is 1.01. The normalized spacial score (nSPS) is 10.8. The summed E-state index contributed by atoms with van der Waals surface area (Å²) in [6.07, 6.45) is 3.47. The number of rotatable bonds is 7. The molecule has 0 spiro atoms. The number of carboxylic acid groups (broad SMARTS) is 1. The monoisotopic (exact) mass is 260 g/mol. The molecule has 0 aliphatic rings. The maximum Gasteiger partial charge on any atom is 0.323 e. The third-order valence-electron chi connectivity index (χ3n) is 2.18. The van der Waals surface area contributed by atoms with Crippen molar-refractivity contribution in [1.82, 2.24) is 10.2 Å². The first-order chi connectivity index (χ1) is 7.82. The summed E-state index contributed by atoms with van der Waals surface area (Å²) >= 11 is 1.64. The molecule has 0 aliphatic carbocycles. The van der Waals surface area contributed by atoms with Crippen LogP contribution in [0.5, 0.6) is 0 Å². The van der Waals surface area contributed by atoms with Crippen molar-refractivity contribution in [3.63, 3.8) is 0 Å². The molecule has 0 aromatic rings. The highest BCUT2D eigenvalue weighted by molar-refractivity contribution is 7.99. The minimum atomic E-state index is -1.04. The van der Waals surface area contributed by atoms with Crippen LogP contribution in [-0.2, 0) is 4.79 Å². The Morgan fingerprint density at radius 2 is 2.12 bits per heavy atom. The minimum Gasteiger partial charge on any atom is -0.480 e. The van der Waals surface area contributed by atoms with Crippen molar-refractivity contribution >= 4 is 23.8 Å². The molecule has 2 N–H and O–H groups in total. The van der Waals surface area contributed by atoms with Crippen molar-refractivity contribution in [3.05, 3.63) is 12.7 Å². The molecule has 0 unspecified atom stereocenters. The number of carbonyl (C=O) groups is 2. The summed E-state index contributed by atoms with van der Waals surface area (Å²) in [5, 5.41) is 11.4. The predicted octanol–water partition coefficient (Wildman–Crippen LogP) is 1.41. The molecule has 0 saturated carbocycles. The Bertz CT molecular complexity index is 292. The largest absolute Gasteiger partial charge is 0.480 e. The third-order valence-corrected chi connectivity index (χ3v) is 3.43. The van der Waals surface area contributed by atoms with Crippen LogP contribution >= 0.6 is 11.8 Å². The first kappa shape index (κ1) is 15.8. The standard InChI is InChI=1S/C11H20N2O3S/c1-5-6-13(7-9(14)15)10(16)12-8-11(2,3)17-4/h5H,1,6-8H2,2-4H3,(H,12,16)(H,14,15). The van der Waals surface area contributed by atoms with Gasteiger partial charge in [-0.05, 0) is 20.1 Å². The highest BCUT2D eigenvalue weighted by atomic mass is 32.2. The van der Waals surface area contributed by atoms with Crippen LogP contribution in [0.15, 0.2) is 12.7 Å². The van der Waals surface area contributed by atoms with Gasteiger partial charge in [0.1, 0.15) is 6.54 Å². The molecule has 0 radical (unpaired) electrons. The first-order valence-electron chi connectivity index (χ1n) is 5.23. The second-order valence-electron chi connectivity index (χ2n) is 4.19. The number of thioether (sulfide) groups is 1. The summed E-state index contributed by atoms with van der Waals surface area (Å²) < 4.78 is -0.0707. The number of hydrogen-bond acceptors (Lipinski definition) is 3. The molecule has 5 nitrogen and oxygen atoms in total. The zero-order valence-corrected chi connectivity index (χ0v) is 11.3. The van der Waals surface area contributed by atoms with Crippen LogP contribution in [0.3, 0.4) is 0 Å². The highest BCUT2D eigenvalue weighted by Crippen LogP contribution is 2.19. The van der Waals surface area contributed by atoms with Crippen molar-refractivity contribution in [2.45, 2.75) is 18.6 Å². The van der Waals surface area contributed by atoms with Gasteiger partial charge in [-0.15, -0.1) is 6.58 Å². The van der Waals surface area contributed by atoms with Gasteiger partial charge in [0.15, 0.2) is 0 Å². The van der Waals surface area contributed by atoms with Crippen LogP contribution in [0.1, 0.15) is 13.8 Å².